The van der Waals surface area contributed by atoms with Gasteiger partial charge in [0.1, 0.15) is 11.6 Å². The van der Waals surface area contributed by atoms with E-state index in [-0.39, 0.29) is 5.69 Å². The number of hydrogen-bond acceptors (Lipinski definition) is 5. The molecule has 3 heterocycles. The van der Waals surface area contributed by atoms with Crippen molar-refractivity contribution in [3.8, 4) is 11.4 Å². The Morgan fingerprint density at radius 3 is 2.96 bits per heavy atom. The molecule has 27 heavy (non-hydrogen) atoms. The second kappa shape index (κ2) is 5.99. The highest BCUT2D eigenvalue weighted by atomic mass is 35.5. The van der Waals surface area contributed by atoms with Crippen molar-refractivity contribution in [3.05, 3.63) is 69.1 Å². The van der Waals surface area contributed by atoms with E-state index in [1.807, 2.05) is 41.3 Å². The number of amidine groups is 1. The smallest absolute Gasteiger partial charge is 0.352 e. The van der Waals surface area contributed by atoms with Gasteiger partial charge in [-0.2, -0.15) is 0 Å². The number of ether oxygens (including phenoxy) is 1. The molecule has 7 nitrogen and oxygen atoms in total. The summed E-state index contributed by atoms with van der Waals surface area (Å²) in [6.07, 6.45) is 0. The van der Waals surface area contributed by atoms with Crippen LogP contribution < -0.4 is 15.3 Å². The highest BCUT2D eigenvalue weighted by Gasteiger charge is 2.34. The van der Waals surface area contributed by atoms with E-state index in [1.54, 1.807) is 17.7 Å². The van der Waals surface area contributed by atoms with Crippen LogP contribution in [-0.4, -0.2) is 40.4 Å². The number of aliphatic imine (C=N–C) groups is 1. The number of nitrogens with zero attached hydrogens (tertiary/aromatic N) is 5. The van der Waals surface area contributed by atoms with E-state index >= 15 is 0 Å². The fraction of sp³-hybridized carbons (Fsp3) is 0.211. The van der Waals surface area contributed by atoms with Gasteiger partial charge in [-0.3, -0.25) is 9.89 Å². The van der Waals surface area contributed by atoms with Crippen molar-refractivity contribution in [2.75, 3.05) is 25.1 Å². The quantitative estimate of drug-likeness (QED) is 0.698. The van der Waals surface area contributed by atoms with Crippen molar-refractivity contribution in [3.63, 3.8) is 0 Å². The van der Waals surface area contributed by atoms with Crippen molar-refractivity contribution in [1.82, 2.24) is 14.3 Å². The molecule has 1 aromatic heterocycles. The minimum Gasteiger partial charge on any atom is -0.497 e. The van der Waals surface area contributed by atoms with Crippen LogP contribution in [0.5, 0.6) is 5.75 Å². The van der Waals surface area contributed by atoms with Crippen LogP contribution in [0.25, 0.3) is 5.69 Å². The summed E-state index contributed by atoms with van der Waals surface area (Å²) in [5.74, 6) is 2.16. The predicted molar refractivity (Wildman–Crippen MR) is 104 cm³/mol. The van der Waals surface area contributed by atoms with Gasteiger partial charge < -0.3 is 4.74 Å². The number of benzene rings is 2. The Kier molecular flexibility index (Phi) is 3.58. The lowest BCUT2D eigenvalue weighted by Crippen LogP contribution is -2.37. The summed E-state index contributed by atoms with van der Waals surface area (Å²) in [7, 11) is 1.62. The van der Waals surface area contributed by atoms with Crippen LogP contribution in [0.2, 0.25) is 5.02 Å². The molecule has 0 radical (unpaired) electrons. The number of rotatable bonds is 3. The van der Waals surface area contributed by atoms with Gasteiger partial charge in [0.25, 0.3) is 0 Å². The predicted octanol–water partition coefficient (Wildman–Crippen LogP) is 2.32. The van der Waals surface area contributed by atoms with Crippen LogP contribution in [0.3, 0.4) is 0 Å². The lowest BCUT2D eigenvalue weighted by atomic mass is 10.1. The van der Waals surface area contributed by atoms with Gasteiger partial charge in [-0.25, -0.2) is 14.0 Å². The first kappa shape index (κ1) is 16.1. The molecular weight excluding hydrogens is 366 g/mol. The van der Waals surface area contributed by atoms with Gasteiger partial charge in [-0.1, -0.05) is 23.7 Å². The lowest BCUT2D eigenvalue weighted by molar-refractivity contribution is 0.414. The molecule has 0 unspecified atom stereocenters. The molecular formula is C19H16ClN5O2. The molecule has 136 valence electrons. The van der Waals surface area contributed by atoms with E-state index in [4.69, 9.17) is 16.3 Å². The zero-order valence-corrected chi connectivity index (χ0v) is 15.3. The van der Waals surface area contributed by atoms with Gasteiger partial charge in [0, 0.05) is 17.1 Å². The lowest BCUT2D eigenvalue weighted by Gasteiger charge is -2.26. The molecule has 5 rings (SSSR count). The molecule has 3 aromatic rings. The normalized spacial score (nSPS) is 14.4. The molecule has 0 saturated carbocycles. The van der Waals surface area contributed by atoms with Crippen LogP contribution in [0.15, 0.2) is 52.3 Å². The molecule has 0 atom stereocenters. The van der Waals surface area contributed by atoms with Crippen molar-refractivity contribution >= 4 is 23.4 Å². The Morgan fingerprint density at radius 2 is 2.11 bits per heavy atom. The van der Waals surface area contributed by atoms with E-state index in [2.05, 4.69) is 10.1 Å². The molecule has 0 amide bonds. The molecule has 2 aromatic carbocycles. The monoisotopic (exact) mass is 381 g/mol. The van der Waals surface area contributed by atoms with E-state index < -0.39 is 0 Å². The first-order valence-corrected chi connectivity index (χ1v) is 8.98. The maximum atomic E-state index is 13.2. The topological polar surface area (TPSA) is 64.6 Å². The number of halogens is 1. The Morgan fingerprint density at radius 1 is 1.22 bits per heavy atom. The number of methoxy groups -OCH3 is 1. The molecule has 0 fully saturated rings. The summed E-state index contributed by atoms with van der Waals surface area (Å²) in [5, 5.41) is 5.17. The third kappa shape index (κ3) is 2.46. The summed E-state index contributed by atoms with van der Waals surface area (Å²) < 4.78 is 8.35. The van der Waals surface area contributed by atoms with Gasteiger partial charge >= 0.3 is 5.69 Å². The second-order valence-corrected chi connectivity index (χ2v) is 6.88. The van der Waals surface area contributed by atoms with Gasteiger partial charge in [0.15, 0.2) is 0 Å². The Balaban J connectivity index is 1.66. The summed E-state index contributed by atoms with van der Waals surface area (Å²) in [6.45, 7) is 1.73. The number of anilines is 1. The third-order valence-electron chi connectivity index (χ3n) is 4.81. The van der Waals surface area contributed by atoms with Crippen LogP contribution >= 0.6 is 11.6 Å². The second-order valence-electron chi connectivity index (χ2n) is 6.45. The molecule has 0 aliphatic carbocycles. The van der Waals surface area contributed by atoms with Gasteiger partial charge in [-0.15, -0.1) is 5.10 Å². The van der Waals surface area contributed by atoms with Crippen molar-refractivity contribution in [2.24, 2.45) is 4.99 Å². The summed E-state index contributed by atoms with van der Waals surface area (Å²) in [5.41, 5.74) is 2.35. The Labute approximate surface area is 160 Å². The minimum atomic E-state index is -0.206. The summed E-state index contributed by atoms with van der Waals surface area (Å²) in [4.78, 5) is 19.7. The minimum absolute atomic E-state index is 0.206. The van der Waals surface area contributed by atoms with Crippen molar-refractivity contribution < 1.29 is 4.74 Å². The number of fused-ring (bicyclic) bond motifs is 6. The van der Waals surface area contributed by atoms with Crippen LogP contribution in [0.4, 0.5) is 5.95 Å². The Bertz CT molecular complexity index is 1150. The van der Waals surface area contributed by atoms with Gasteiger partial charge in [0.05, 0.1) is 25.9 Å². The molecule has 2 aliphatic rings. The molecule has 2 aliphatic heterocycles. The van der Waals surface area contributed by atoms with Crippen molar-refractivity contribution in [2.45, 2.75) is 6.54 Å². The van der Waals surface area contributed by atoms with Gasteiger partial charge in [0.2, 0.25) is 5.95 Å². The van der Waals surface area contributed by atoms with Crippen molar-refractivity contribution in [1.29, 1.82) is 0 Å². The summed E-state index contributed by atoms with van der Waals surface area (Å²) in [6, 6.07) is 13.1. The number of hydrogen-bond donors (Lipinski definition) is 0. The zero-order chi connectivity index (χ0) is 18.5. The SMILES string of the molecule is COc1cccc(Cn2nc3n(c2=O)-c2cc(Cl)ccc2C2=NCCN23)c1. The maximum absolute atomic E-state index is 13.2. The Hall–Kier alpha value is -3.06. The zero-order valence-electron chi connectivity index (χ0n) is 14.6. The van der Waals surface area contributed by atoms with E-state index in [0.29, 0.717) is 30.6 Å². The maximum Gasteiger partial charge on any atom is 0.352 e. The highest BCUT2D eigenvalue weighted by molar-refractivity contribution is 6.31. The van der Waals surface area contributed by atoms with E-state index in [1.165, 1.54) is 4.68 Å². The molecule has 0 N–H and O–H groups in total. The van der Waals surface area contributed by atoms with Gasteiger partial charge in [-0.05, 0) is 35.9 Å². The molecule has 8 heteroatoms. The first-order valence-electron chi connectivity index (χ1n) is 8.61. The fourth-order valence-electron chi connectivity index (χ4n) is 3.58. The van der Waals surface area contributed by atoms with E-state index in [9.17, 15) is 4.79 Å². The standard InChI is InChI=1S/C19H16ClN5O2/c1-27-14-4-2-3-12(9-14)11-24-19(26)25-16-10-13(20)5-6-15(16)17-21-7-8-23(17)18(25)22-24/h2-6,9-10H,7-8,11H2,1H3. The molecule has 0 bridgehead atoms. The van der Waals surface area contributed by atoms with E-state index in [0.717, 1.165) is 28.4 Å². The number of aromatic nitrogens is 3. The average Bonchev–Trinajstić information content (AvgIpc) is 3.28. The molecule has 0 spiro atoms. The summed E-state index contributed by atoms with van der Waals surface area (Å²) >= 11 is 6.20. The molecule has 0 saturated heterocycles. The highest BCUT2D eigenvalue weighted by Crippen LogP contribution is 2.31. The van der Waals surface area contributed by atoms with Crippen LogP contribution in [0.1, 0.15) is 11.1 Å². The first-order chi connectivity index (χ1) is 13.2. The largest absolute Gasteiger partial charge is 0.497 e. The third-order valence-corrected chi connectivity index (χ3v) is 5.05. The fourth-order valence-corrected chi connectivity index (χ4v) is 3.75. The van der Waals surface area contributed by atoms with Crippen LogP contribution in [-0.2, 0) is 6.54 Å². The van der Waals surface area contributed by atoms with Crippen LogP contribution in [0, 0.1) is 0 Å². The average molecular weight is 382 g/mol.